The molecule has 0 radical (unpaired) electrons. The second-order valence-corrected chi connectivity index (χ2v) is 7.42. The van der Waals surface area contributed by atoms with E-state index in [0.29, 0.717) is 20.2 Å². The second-order valence-electron chi connectivity index (χ2n) is 5.72. The largest absolute Gasteiger partial charge is 0.506 e. The lowest BCUT2D eigenvalue weighted by atomic mass is 9.98. The first kappa shape index (κ1) is 16.3. The molecule has 0 aliphatic carbocycles. The molecule has 1 aromatic carbocycles. The number of ketones is 1. The van der Waals surface area contributed by atoms with E-state index < -0.39 is 0 Å². The normalized spacial score (nSPS) is 11.3. The van der Waals surface area contributed by atoms with E-state index in [9.17, 15) is 9.90 Å². The van der Waals surface area contributed by atoms with Gasteiger partial charge in [0.25, 0.3) is 0 Å². The Kier molecular flexibility index (Phi) is 4.34. The molecule has 118 valence electrons. The highest BCUT2D eigenvalue weighted by molar-refractivity contribution is 9.11. The number of phenolic OH excluding ortho intramolecular Hbond substituents is 1. The number of fused-ring (bicyclic) bond motifs is 1. The first-order chi connectivity index (χ1) is 10.9. The molecular formula is C18H15Br2NO2. The van der Waals surface area contributed by atoms with Crippen molar-refractivity contribution in [2.75, 3.05) is 0 Å². The molecule has 2 aromatic heterocycles. The lowest BCUT2D eigenvalue weighted by Gasteiger charge is -2.10. The van der Waals surface area contributed by atoms with Crippen LogP contribution in [0.4, 0.5) is 0 Å². The minimum absolute atomic E-state index is 0.0682. The van der Waals surface area contributed by atoms with Crippen molar-refractivity contribution in [2.45, 2.75) is 19.8 Å². The van der Waals surface area contributed by atoms with Gasteiger partial charge in [-0.25, -0.2) is 0 Å². The predicted molar refractivity (Wildman–Crippen MR) is 98.4 cm³/mol. The van der Waals surface area contributed by atoms with Crippen molar-refractivity contribution < 1.29 is 9.90 Å². The summed E-state index contributed by atoms with van der Waals surface area (Å²) in [6.45, 7) is 4.16. The predicted octanol–water partition coefficient (Wildman–Crippen LogP) is 5.52. The zero-order valence-corrected chi connectivity index (χ0v) is 15.8. The Labute approximate surface area is 151 Å². The molecule has 5 heteroatoms. The molecule has 3 aromatic rings. The molecule has 3 rings (SSSR count). The van der Waals surface area contributed by atoms with Crippen molar-refractivity contribution in [3.63, 3.8) is 0 Å². The smallest absolute Gasteiger partial charge is 0.210 e. The van der Waals surface area contributed by atoms with Crippen LogP contribution < -0.4 is 0 Å². The van der Waals surface area contributed by atoms with E-state index in [0.717, 1.165) is 11.1 Å². The van der Waals surface area contributed by atoms with Crippen molar-refractivity contribution in [1.82, 2.24) is 4.40 Å². The molecule has 0 atom stereocenters. The van der Waals surface area contributed by atoms with E-state index in [2.05, 4.69) is 51.8 Å². The fourth-order valence-electron chi connectivity index (χ4n) is 2.66. The third-order valence-corrected chi connectivity index (χ3v) is 5.03. The summed E-state index contributed by atoms with van der Waals surface area (Å²) in [6.07, 6.45) is 1.90. The van der Waals surface area contributed by atoms with E-state index in [1.165, 1.54) is 0 Å². The summed E-state index contributed by atoms with van der Waals surface area (Å²) in [6, 6.07) is 11.2. The summed E-state index contributed by atoms with van der Waals surface area (Å²) in [5.74, 6) is 0.254. The zero-order valence-electron chi connectivity index (χ0n) is 12.7. The van der Waals surface area contributed by atoms with Crippen LogP contribution in [0.15, 0.2) is 51.5 Å². The summed E-state index contributed by atoms with van der Waals surface area (Å²) in [5, 5.41) is 9.85. The van der Waals surface area contributed by atoms with Gasteiger partial charge in [0.2, 0.25) is 5.78 Å². The van der Waals surface area contributed by atoms with Crippen molar-refractivity contribution in [3.8, 4) is 5.75 Å². The summed E-state index contributed by atoms with van der Waals surface area (Å²) in [5.41, 5.74) is 3.20. The topological polar surface area (TPSA) is 41.7 Å². The summed E-state index contributed by atoms with van der Waals surface area (Å²) in [4.78, 5) is 13.1. The van der Waals surface area contributed by atoms with Crippen molar-refractivity contribution >= 4 is 43.2 Å². The maximum atomic E-state index is 13.1. The number of benzene rings is 1. The minimum Gasteiger partial charge on any atom is -0.506 e. The van der Waals surface area contributed by atoms with Gasteiger partial charge in [-0.05, 0) is 73.7 Å². The number of carbonyl (C=O) groups is 1. The molecule has 0 saturated carbocycles. The van der Waals surface area contributed by atoms with Crippen molar-refractivity contribution in [2.24, 2.45) is 0 Å². The molecule has 0 spiro atoms. The van der Waals surface area contributed by atoms with Crippen LogP contribution in [0.3, 0.4) is 0 Å². The van der Waals surface area contributed by atoms with E-state index in [1.807, 2.05) is 28.8 Å². The number of nitrogens with zero attached hydrogens (tertiary/aromatic N) is 1. The number of halogens is 2. The lowest BCUT2D eigenvalue weighted by Crippen LogP contribution is -2.09. The van der Waals surface area contributed by atoms with Gasteiger partial charge < -0.3 is 9.51 Å². The van der Waals surface area contributed by atoms with Crippen LogP contribution in [0, 0.1) is 0 Å². The van der Waals surface area contributed by atoms with Crippen LogP contribution in [0.5, 0.6) is 5.75 Å². The van der Waals surface area contributed by atoms with Crippen molar-refractivity contribution in [1.29, 1.82) is 0 Å². The van der Waals surface area contributed by atoms with Gasteiger partial charge in [0.15, 0.2) is 0 Å². The summed E-state index contributed by atoms with van der Waals surface area (Å²) in [7, 11) is 0. The van der Waals surface area contributed by atoms with Crippen LogP contribution in [-0.4, -0.2) is 15.3 Å². The fraction of sp³-hybridized carbons (Fsp3) is 0.167. The molecule has 0 saturated heterocycles. The van der Waals surface area contributed by atoms with Gasteiger partial charge in [-0.15, -0.1) is 0 Å². The minimum atomic E-state index is -0.0682. The Hall–Kier alpha value is -1.59. The fourth-order valence-corrected chi connectivity index (χ4v) is 3.84. The number of phenols is 1. The number of hydrogen-bond donors (Lipinski definition) is 1. The van der Waals surface area contributed by atoms with Crippen LogP contribution in [0.1, 0.15) is 41.4 Å². The lowest BCUT2D eigenvalue weighted by molar-refractivity contribution is 0.103. The van der Waals surface area contributed by atoms with E-state index >= 15 is 0 Å². The molecule has 0 aliphatic rings. The molecule has 3 nitrogen and oxygen atoms in total. The van der Waals surface area contributed by atoms with Gasteiger partial charge in [0.1, 0.15) is 5.75 Å². The summed E-state index contributed by atoms with van der Waals surface area (Å²) >= 11 is 6.57. The summed E-state index contributed by atoms with van der Waals surface area (Å²) < 4.78 is 2.90. The third-order valence-electron chi connectivity index (χ3n) is 3.83. The Balaban J connectivity index is 2.23. The number of aromatic nitrogens is 1. The number of hydrogen-bond acceptors (Lipinski definition) is 2. The van der Waals surface area contributed by atoms with Gasteiger partial charge in [0, 0.05) is 17.3 Å². The second kappa shape index (κ2) is 6.13. The molecule has 0 bridgehead atoms. The maximum Gasteiger partial charge on any atom is 0.210 e. The SMILES string of the molecule is CC(C)c1cc2ccccn2c1C(=O)c1cc(Br)c(O)c(Br)c1. The highest BCUT2D eigenvalue weighted by atomic mass is 79.9. The third kappa shape index (κ3) is 2.83. The average molecular weight is 437 g/mol. The van der Waals surface area contributed by atoms with Gasteiger partial charge >= 0.3 is 0 Å². The van der Waals surface area contributed by atoms with Crippen LogP contribution in [-0.2, 0) is 0 Å². The van der Waals surface area contributed by atoms with E-state index in [4.69, 9.17) is 0 Å². The van der Waals surface area contributed by atoms with Gasteiger partial charge in [0.05, 0.1) is 14.6 Å². The molecule has 23 heavy (non-hydrogen) atoms. The van der Waals surface area contributed by atoms with Gasteiger partial charge in [-0.1, -0.05) is 19.9 Å². The van der Waals surface area contributed by atoms with E-state index in [1.54, 1.807) is 12.1 Å². The molecule has 0 amide bonds. The monoisotopic (exact) mass is 435 g/mol. The first-order valence-corrected chi connectivity index (χ1v) is 8.81. The Morgan fingerprint density at radius 2 is 1.78 bits per heavy atom. The van der Waals surface area contributed by atoms with Gasteiger partial charge in [-0.3, -0.25) is 4.79 Å². The highest BCUT2D eigenvalue weighted by Gasteiger charge is 2.22. The number of aromatic hydroxyl groups is 1. The van der Waals surface area contributed by atoms with Crippen LogP contribution in [0.25, 0.3) is 5.52 Å². The number of pyridine rings is 1. The average Bonchev–Trinajstić information content (AvgIpc) is 2.91. The van der Waals surface area contributed by atoms with E-state index in [-0.39, 0.29) is 17.5 Å². The number of rotatable bonds is 3. The van der Waals surface area contributed by atoms with Gasteiger partial charge in [-0.2, -0.15) is 0 Å². The molecule has 2 heterocycles. The zero-order chi connectivity index (χ0) is 16.7. The molecular weight excluding hydrogens is 422 g/mol. The Bertz CT molecular complexity index is 890. The molecule has 1 N–H and O–H groups in total. The quantitative estimate of drug-likeness (QED) is 0.549. The van der Waals surface area contributed by atoms with Crippen LogP contribution in [0.2, 0.25) is 0 Å². The van der Waals surface area contributed by atoms with Crippen LogP contribution >= 0.6 is 31.9 Å². The molecule has 0 aliphatic heterocycles. The Morgan fingerprint density at radius 3 is 2.39 bits per heavy atom. The maximum absolute atomic E-state index is 13.1. The standard InChI is InChI=1S/C18H15Br2NO2/c1-10(2)13-9-12-5-3-4-6-21(12)16(13)17(22)11-7-14(19)18(23)15(20)8-11/h3-10,23H,1-2H3. The number of carbonyl (C=O) groups excluding carboxylic acids is 1. The molecule has 0 fully saturated rings. The highest BCUT2D eigenvalue weighted by Crippen LogP contribution is 2.35. The van der Waals surface area contributed by atoms with Crippen molar-refractivity contribution in [3.05, 3.63) is 68.4 Å². The Morgan fingerprint density at radius 1 is 1.13 bits per heavy atom. The first-order valence-electron chi connectivity index (χ1n) is 7.23. The molecule has 0 unspecified atom stereocenters.